The Balaban J connectivity index is 1.43. The fourth-order valence-electron chi connectivity index (χ4n) is 5.12. The molecule has 0 unspecified atom stereocenters. The van der Waals surface area contributed by atoms with Crippen LogP contribution in [0.2, 0.25) is 0 Å². The molecule has 0 saturated carbocycles. The molecule has 2 aliphatic rings. The minimum Gasteiger partial charge on any atom is -0.496 e. The van der Waals surface area contributed by atoms with Crippen molar-refractivity contribution >= 4 is 17.7 Å². The molecule has 1 N–H and O–H groups in total. The van der Waals surface area contributed by atoms with Crippen molar-refractivity contribution in [3.05, 3.63) is 88.5 Å². The first-order chi connectivity index (χ1) is 19.2. The van der Waals surface area contributed by atoms with Gasteiger partial charge in [0.2, 0.25) is 5.91 Å². The van der Waals surface area contributed by atoms with Gasteiger partial charge in [-0.3, -0.25) is 14.4 Å². The molecule has 0 radical (unpaired) electrons. The molecule has 0 spiro atoms. The van der Waals surface area contributed by atoms with Crippen molar-refractivity contribution in [3.8, 4) is 17.2 Å². The molecule has 1 saturated heterocycles. The summed E-state index contributed by atoms with van der Waals surface area (Å²) in [5.41, 5.74) is 3.47. The van der Waals surface area contributed by atoms with Crippen LogP contribution < -0.4 is 14.8 Å². The van der Waals surface area contributed by atoms with Crippen LogP contribution in [0.25, 0.3) is 0 Å². The summed E-state index contributed by atoms with van der Waals surface area (Å²) in [5.74, 6) is 1.02. The Bertz CT molecular complexity index is 1450. The highest BCUT2D eigenvalue weighted by molar-refractivity contribution is 5.97. The van der Waals surface area contributed by atoms with E-state index in [1.807, 2.05) is 50.2 Å². The van der Waals surface area contributed by atoms with E-state index in [2.05, 4.69) is 5.32 Å². The number of hydrogen-bond donors (Lipinski definition) is 1. The van der Waals surface area contributed by atoms with Crippen molar-refractivity contribution in [2.75, 3.05) is 33.8 Å². The van der Waals surface area contributed by atoms with Gasteiger partial charge >= 0.3 is 0 Å². The Morgan fingerprint density at radius 1 is 1.02 bits per heavy atom. The van der Waals surface area contributed by atoms with Gasteiger partial charge in [-0.25, -0.2) is 0 Å². The van der Waals surface area contributed by atoms with Gasteiger partial charge in [-0.15, -0.1) is 0 Å². The number of likely N-dealkylation sites (N-methyl/N-ethyl adjacent to an activating group) is 1. The predicted octanol–water partition coefficient (Wildman–Crippen LogP) is 3.72. The zero-order chi connectivity index (χ0) is 28.4. The van der Waals surface area contributed by atoms with Crippen molar-refractivity contribution in [3.63, 3.8) is 0 Å². The first-order valence-corrected chi connectivity index (χ1v) is 13.2. The van der Waals surface area contributed by atoms with Crippen LogP contribution in [0.4, 0.5) is 0 Å². The highest BCUT2D eigenvalue weighted by atomic mass is 16.5. The van der Waals surface area contributed by atoms with E-state index in [-0.39, 0.29) is 37.4 Å². The van der Waals surface area contributed by atoms with Crippen LogP contribution in [-0.2, 0) is 16.1 Å². The predicted molar refractivity (Wildman–Crippen MR) is 149 cm³/mol. The maximum Gasteiger partial charge on any atom is 0.254 e. The lowest BCUT2D eigenvalue weighted by Crippen LogP contribution is -2.48. The Kier molecular flexibility index (Phi) is 7.75. The van der Waals surface area contributed by atoms with Gasteiger partial charge in [-0.1, -0.05) is 24.3 Å². The molecule has 2 heterocycles. The van der Waals surface area contributed by atoms with Crippen molar-refractivity contribution in [1.29, 1.82) is 0 Å². The van der Waals surface area contributed by atoms with Crippen LogP contribution >= 0.6 is 0 Å². The third-order valence-electron chi connectivity index (χ3n) is 7.39. The number of carbonyl (C=O) groups is 3. The Labute approximate surface area is 233 Å². The number of methoxy groups -OCH3 is 1. The second-order valence-electron chi connectivity index (χ2n) is 10.3. The molecule has 9 heteroatoms. The van der Waals surface area contributed by atoms with Gasteiger partial charge in [-0.05, 0) is 61.4 Å². The van der Waals surface area contributed by atoms with E-state index in [1.54, 1.807) is 43.3 Å². The number of carbonyl (C=O) groups excluding carboxylic acids is 3. The summed E-state index contributed by atoms with van der Waals surface area (Å²) in [6, 6.07) is 17.7. The number of benzene rings is 3. The highest BCUT2D eigenvalue weighted by Gasteiger charge is 2.38. The molecule has 2 aliphatic heterocycles. The van der Waals surface area contributed by atoms with E-state index in [0.717, 1.165) is 16.7 Å². The number of rotatable bonds is 2. The molecule has 9 nitrogen and oxygen atoms in total. The third kappa shape index (κ3) is 5.65. The Hall–Kier alpha value is -4.37. The van der Waals surface area contributed by atoms with Crippen LogP contribution in [0.15, 0.2) is 60.7 Å². The summed E-state index contributed by atoms with van der Waals surface area (Å²) in [7, 11) is 3.15. The number of nitrogens with zero attached hydrogens (tertiary/aromatic N) is 2. The molecule has 0 aromatic heterocycles. The van der Waals surface area contributed by atoms with E-state index in [9.17, 15) is 14.4 Å². The zero-order valence-electron chi connectivity index (χ0n) is 23.1. The van der Waals surface area contributed by atoms with Gasteiger partial charge in [0.15, 0.2) is 0 Å². The smallest absolute Gasteiger partial charge is 0.254 e. The number of amides is 3. The monoisotopic (exact) mass is 543 g/mol. The molecule has 2 atom stereocenters. The van der Waals surface area contributed by atoms with Gasteiger partial charge in [-0.2, -0.15) is 0 Å². The number of fused-ring (bicyclic) bond motifs is 5. The lowest BCUT2D eigenvalue weighted by Gasteiger charge is -2.23. The summed E-state index contributed by atoms with van der Waals surface area (Å²) < 4.78 is 17.8. The number of ether oxygens (including phenoxy) is 3. The molecule has 3 aromatic rings. The molecule has 208 valence electrons. The topological polar surface area (TPSA) is 97.4 Å². The van der Waals surface area contributed by atoms with Crippen LogP contribution in [0.1, 0.15) is 37.4 Å². The average Bonchev–Trinajstić information content (AvgIpc) is 3.34. The maximum atomic E-state index is 13.5. The summed E-state index contributed by atoms with van der Waals surface area (Å²) in [5, 5.41) is 3.01. The van der Waals surface area contributed by atoms with Gasteiger partial charge in [0.1, 0.15) is 17.2 Å². The summed E-state index contributed by atoms with van der Waals surface area (Å²) in [6.45, 7) is 4.45. The number of likely N-dealkylation sites (tertiary alicyclic amines) is 1. The first-order valence-electron chi connectivity index (χ1n) is 13.2. The zero-order valence-corrected chi connectivity index (χ0v) is 23.1. The lowest BCUT2D eigenvalue weighted by atomic mass is 10.1. The molecular formula is C31H33N3O6. The quantitative estimate of drug-likeness (QED) is 0.529. The summed E-state index contributed by atoms with van der Waals surface area (Å²) >= 11 is 0. The molecular weight excluding hydrogens is 510 g/mol. The summed E-state index contributed by atoms with van der Waals surface area (Å²) in [6.07, 6.45) is -0.452. The molecule has 1 fully saturated rings. The molecule has 4 bridgehead atoms. The first kappa shape index (κ1) is 27.2. The van der Waals surface area contributed by atoms with E-state index in [0.29, 0.717) is 34.9 Å². The minimum absolute atomic E-state index is 0.145. The van der Waals surface area contributed by atoms with E-state index in [4.69, 9.17) is 14.2 Å². The molecule has 3 aromatic carbocycles. The SMILES string of the molecule is COc1cccc(C(=O)N2C[C@@H]3NC(=O)CN(C)C(=O)c4ccc(C)c(c4)Oc4cccc(c4)CO[C@H]3C2)c1C. The summed E-state index contributed by atoms with van der Waals surface area (Å²) in [4.78, 5) is 42.8. The van der Waals surface area contributed by atoms with Crippen LogP contribution in [-0.4, -0.2) is 73.5 Å². The Morgan fingerprint density at radius 2 is 1.82 bits per heavy atom. The van der Waals surface area contributed by atoms with Gasteiger partial charge in [0.25, 0.3) is 11.8 Å². The van der Waals surface area contributed by atoms with Crippen molar-refractivity contribution in [2.24, 2.45) is 0 Å². The number of aryl methyl sites for hydroxylation is 1. The van der Waals surface area contributed by atoms with Crippen LogP contribution in [0.3, 0.4) is 0 Å². The third-order valence-corrected chi connectivity index (χ3v) is 7.39. The van der Waals surface area contributed by atoms with Gasteiger partial charge in [0, 0.05) is 36.8 Å². The number of nitrogens with one attached hydrogen (secondary N) is 1. The molecule has 40 heavy (non-hydrogen) atoms. The van der Waals surface area contributed by atoms with Crippen molar-refractivity contribution < 1.29 is 28.6 Å². The van der Waals surface area contributed by atoms with Crippen LogP contribution in [0, 0.1) is 13.8 Å². The molecule has 5 rings (SSSR count). The Morgan fingerprint density at radius 3 is 2.62 bits per heavy atom. The van der Waals surface area contributed by atoms with E-state index >= 15 is 0 Å². The fraction of sp³-hybridized carbons (Fsp3) is 0.323. The second-order valence-corrected chi connectivity index (χ2v) is 10.3. The van der Waals surface area contributed by atoms with E-state index in [1.165, 1.54) is 4.90 Å². The number of hydrogen-bond acceptors (Lipinski definition) is 6. The van der Waals surface area contributed by atoms with Gasteiger partial charge < -0.3 is 29.3 Å². The largest absolute Gasteiger partial charge is 0.496 e. The normalized spacial score (nSPS) is 19.5. The molecule has 0 aliphatic carbocycles. The standard InChI is InChI=1S/C31H33N3O6/c1-19-11-12-22-14-27(19)40-23-8-5-7-21(13-23)18-39-28-16-34(15-25(28)32-29(35)17-33(3)30(22)36)31(37)24-9-6-10-26(38-4)20(24)2/h5-14,25,28H,15-18H2,1-4H3,(H,32,35)/t25-,28-/m0/s1. The average molecular weight is 544 g/mol. The minimum atomic E-state index is -0.454. The van der Waals surface area contributed by atoms with Crippen LogP contribution in [0.5, 0.6) is 17.2 Å². The fourth-order valence-corrected chi connectivity index (χ4v) is 5.12. The maximum absolute atomic E-state index is 13.5. The molecule has 3 amide bonds. The van der Waals surface area contributed by atoms with Crippen molar-refractivity contribution in [1.82, 2.24) is 15.1 Å². The highest BCUT2D eigenvalue weighted by Crippen LogP contribution is 2.29. The lowest BCUT2D eigenvalue weighted by molar-refractivity contribution is -0.123. The van der Waals surface area contributed by atoms with Crippen molar-refractivity contribution in [2.45, 2.75) is 32.6 Å². The second kappa shape index (κ2) is 11.4. The van der Waals surface area contributed by atoms with Gasteiger partial charge in [0.05, 0.1) is 32.4 Å². The van der Waals surface area contributed by atoms with E-state index < -0.39 is 12.1 Å².